The molecular weight excluding hydrogens is 346 g/mol. The van der Waals surface area contributed by atoms with Gasteiger partial charge in [0.2, 0.25) is 11.7 Å². The molecule has 8 nitrogen and oxygen atoms in total. The van der Waals surface area contributed by atoms with Gasteiger partial charge in [-0.1, -0.05) is 29.8 Å². The first-order valence-corrected chi connectivity index (χ1v) is 8.12. The summed E-state index contributed by atoms with van der Waals surface area (Å²) in [5, 5.41) is 0. The Morgan fingerprint density at radius 1 is 0.926 bits per heavy atom. The van der Waals surface area contributed by atoms with Crippen molar-refractivity contribution in [1.82, 2.24) is 0 Å². The average Bonchev–Trinajstić information content (AvgIpc) is 2.61. The molecule has 2 rings (SSSR count). The fourth-order valence-corrected chi connectivity index (χ4v) is 2.20. The van der Waals surface area contributed by atoms with Crippen molar-refractivity contribution in [2.45, 2.75) is 20.0 Å². The standard InChI is InChI=1S/C19H21N5O3/c1-11-3-5-13(6-4-11)16(25)12(2)27-17(26)14-7-9-15(10-8-14)23-19(22)24-18(20)21/h3-10,12H,1-2H3,(H6,20,21,22,23,24). The number of aliphatic imine (C=N–C) groups is 2. The van der Waals surface area contributed by atoms with Crippen molar-refractivity contribution in [3.8, 4) is 0 Å². The van der Waals surface area contributed by atoms with Crippen LogP contribution in [0.25, 0.3) is 0 Å². The van der Waals surface area contributed by atoms with Crippen molar-refractivity contribution < 1.29 is 14.3 Å². The molecule has 0 saturated carbocycles. The first kappa shape index (κ1) is 19.6. The second-order valence-corrected chi connectivity index (χ2v) is 5.83. The van der Waals surface area contributed by atoms with Crippen LogP contribution in [0.15, 0.2) is 58.5 Å². The molecule has 6 N–H and O–H groups in total. The lowest BCUT2D eigenvalue weighted by Gasteiger charge is -2.12. The van der Waals surface area contributed by atoms with Gasteiger partial charge in [0.1, 0.15) is 0 Å². The third kappa shape index (κ3) is 5.67. The average molecular weight is 367 g/mol. The summed E-state index contributed by atoms with van der Waals surface area (Å²) in [6, 6.07) is 13.2. The third-order valence-electron chi connectivity index (χ3n) is 3.58. The zero-order valence-electron chi connectivity index (χ0n) is 15.0. The number of nitrogens with two attached hydrogens (primary N) is 3. The number of aryl methyl sites for hydroxylation is 1. The summed E-state index contributed by atoms with van der Waals surface area (Å²) in [6.45, 7) is 3.46. The molecule has 0 saturated heterocycles. The van der Waals surface area contributed by atoms with Crippen molar-refractivity contribution in [3.63, 3.8) is 0 Å². The van der Waals surface area contributed by atoms with Gasteiger partial charge in [-0.25, -0.2) is 9.79 Å². The molecule has 140 valence electrons. The Bertz CT molecular complexity index is 883. The lowest BCUT2D eigenvalue weighted by molar-refractivity contribution is 0.0319. The monoisotopic (exact) mass is 367 g/mol. The number of esters is 1. The minimum absolute atomic E-state index is 0.109. The fraction of sp³-hybridized carbons (Fsp3) is 0.158. The first-order valence-electron chi connectivity index (χ1n) is 8.12. The predicted molar refractivity (Wildman–Crippen MR) is 104 cm³/mol. The quantitative estimate of drug-likeness (QED) is 0.317. The zero-order chi connectivity index (χ0) is 20.0. The number of guanidine groups is 2. The molecular formula is C19H21N5O3. The van der Waals surface area contributed by atoms with Gasteiger partial charge in [0.05, 0.1) is 11.3 Å². The van der Waals surface area contributed by atoms with Crippen molar-refractivity contribution in [2.24, 2.45) is 27.2 Å². The largest absolute Gasteiger partial charge is 0.451 e. The first-order chi connectivity index (χ1) is 12.8. The number of ether oxygens (including phenoxy) is 1. The van der Waals surface area contributed by atoms with Gasteiger partial charge < -0.3 is 21.9 Å². The smallest absolute Gasteiger partial charge is 0.338 e. The van der Waals surface area contributed by atoms with Gasteiger partial charge in [0, 0.05) is 5.56 Å². The maximum atomic E-state index is 12.3. The number of benzene rings is 2. The second-order valence-electron chi connectivity index (χ2n) is 5.83. The van der Waals surface area contributed by atoms with Crippen LogP contribution in [0.4, 0.5) is 5.69 Å². The number of hydrogen-bond donors (Lipinski definition) is 3. The molecule has 0 heterocycles. The van der Waals surface area contributed by atoms with Crippen LogP contribution in [0.3, 0.4) is 0 Å². The molecule has 0 aliphatic carbocycles. The van der Waals surface area contributed by atoms with Crippen LogP contribution in [0.5, 0.6) is 0 Å². The summed E-state index contributed by atoms with van der Waals surface area (Å²) in [6.07, 6.45) is -0.907. The predicted octanol–water partition coefficient (Wildman–Crippen LogP) is 1.64. The van der Waals surface area contributed by atoms with Crippen LogP contribution in [0.2, 0.25) is 0 Å². The summed E-state index contributed by atoms with van der Waals surface area (Å²) in [5.74, 6) is -1.20. The van der Waals surface area contributed by atoms with E-state index in [2.05, 4.69) is 9.98 Å². The molecule has 1 atom stereocenters. The molecule has 0 aromatic heterocycles. The molecule has 27 heavy (non-hydrogen) atoms. The van der Waals surface area contributed by atoms with E-state index in [1.165, 1.54) is 19.1 Å². The molecule has 2 aromatic carbocycles. The number of Topliss-reactive ketones (excluding diaryl/α,β-unsaturated/α-hetero) is 1. The van der Waals surface area contributed by atoms with Gasteiger partial charge in [-0.3, -0.25) is 4.79 Å². The summed E-state index contributed by atoms with van der Waals surface area (Å²) >= 11 is 0. The number of carbonyl (C=O) groups excluding carboxylic acids is 2. The van der Waals surface area contributed by atoms with E-state index in [0.717, 1.165) is 5.56 Å². The van der Waals surface area contributed by atoms with Crippen LogP contribution < -0.4 is 17.2 Å². The summed E-state index contributed by atoms with van der Waals surface area (Å²) < 4.78 is 5.25. The van der Waals surface area contributed by atoms with E-state index in [1.54, 1.807) is 24.3 Å². The highest BCUT2D eigenvalue weighted by molar-refractivity contribution is 6.01. The molecule has 8 heteroatoms. The maximum Gasteiger partial charge on any atom is 0.338 e. The summed E-state index contributed by atoms with van der Waals surface area (Å²) in [4.78, 5) is 32.1. The second kappa shape index (κ2) is 8.61. The van der Waals surface area contributed by atoms with Gasteiger partial charge in [-0.05, 0) is 38.1 Å². The third-order valence-corrected chi connectivity index (χ3v) is 3.58. The van der Waals surface area contributed by atoms with E-state index < -0.39 is 12.1 Å². The minimum Gasteiger partial charge on any atom is -0.451 e. The number of nitrogens with zero attached hydrogens (tertiary/aromatic N) is 2. The van der Waals surface area contributed by atoms with Crippen LogP contribution in [0.1, 0.15) is 33.2 Å². The summed E-state index contributed by atoms with van der Waals surface area (Å²) in [7, 11) is 0. The number of hydrogen-bond acceptors (Lipinski definition) is 4. The summed E-state index contributed by atoms with van der Waals surface area (Å²) in [5.41, 5.74) is 18.2. The van der Waals surface area contributed by atoms with Crippen molar-refractivity contribution in [2.75, 3.05) is 0 Å². The van der Waals surface area contributed by atoms with E-state index in [-0.39, 0.29) is 23.3 Å². The van der Waals surface area contributed by atoms with Crippen LogP contribution >= 0.6 is 0 Å². The molecule has 0 amide bonds. The van der Waals surface area contributed by atoms with Crippen LogP contribution in [-0.2, 0) is 4.74 Å². The number of ketones is 1. The Labute approximate surface area is 156 Å². The van der Waals surface area contributed by atoms with Gasteiger partial charge in [0.15, 0.2) is 12.1 Å². The van der Waals surface area contributed by atoms with Gasteiger partial charge >= 0.3 is 5.97 Å². The molecule has 0 aliphatic rings. The van der Waals surface area contributed by atoms with E-state index in [1.807, 2.05) is 19.1 Å². The van der Waals surface area contributed by atoms with Crippen molar-refractivity contribution in [3.05, 3.63) is 65.2 Å². The van der Waals surface area contributed by atoms with Crippen molar-refractivity contribution in [1.29, 1.82) is 0 Å². The molecule has 0 radical (unpaired) electrons. The Hall–Kier alpha value is -3.68. The SMILES string of the molecule is Cc1ccc(C(=O)C(C)OC(=O)c2ccc(N=C(N)N=C(N)N)cc2)cc1. The zero-order valence-corrected chi connectivity index (χ0v) is 15.0. The topological polar surface area (TPSA) is 146 Å². The molecule has 2 aromatic rings. The lowest BCUT2D eigenvalue weighted by atomic mass is 10.1. The maximum absolute atomic E-state index is 12.3. The lowest BCUT2D eigenvalue weighted by Crippen LogP contribution is -2.26. The Morgan fingerprint density at radius 2 is 1.48 bits per heavy atom. The minimum atomic E-state index is -0.907. The highest BCUT2D eigenvalue weighted by Gasteiger charge is 2.20. The Kier molecular flexibility index (Phi) is 6.27. The van der Waals surface area contributed by atoms with Gasteiger partial charge in [0.25, 0.3) is 0 Å². The number of carbonyl (C=O) groups is 2. The fourth-order valence-electron chi connectivity index (χ4n) is 2.20. The van der Waals surface area contributed by atoms with E-state index in [4.69, 9.17) is 21.9 Å². The van der Waals surface area contributed by atoms with E-state index >= 15 is 0 Å². The van der Waals surface area contributed by atoms with Gasteiger partial charge in [-0.2, -0.15) is 4.99 Å². The van der Waals surface area contributed by atoms with Gasteiger partial charge in [-0.15, -0.1) is 0 Å². The highest BCUT2D eigenvalue weighted by Crippen LogP contribution is 2.15. The van der Waals surface area contributed by atoms with E-state index in [9.17, 15) is 9.59 Å². The Morgan fingerprint density at radius 3 is 2.04 bits per heavy atom. The van der Waals surface area contributed by atoms with Crippen LogP contribution in [0, 0.1) is 6.92 Å². The van der Waals surface area contributed by atoms with Crippen molar-refractivity contribution >= 4 is 29.4 Å². The van der Waals surface area contributed by atoms with E-state index in [0.29, 0.717) is 11.3 Å². The molecule has 0 spiro atoms. The molecule has 0 bridgehead atoms. The van der Waals surface area contributed by atoms with Crippen LogP contribution in [-0.4, -0.2) is 29.8 Å². The number of rotatable bonds is 5. The molecule has 0 fully saturated rings. The molecule has 0 aliphatic heterocycles. The molecule has 1 unspecified atom stereocenters. The Balaban J connectivity index is 2.04. The normalized spacial score (nSPS) is 12.1. The highest BCUT2D eigenvalue weighted by atomic mass is 16.5.